The molecule has 0 bridgehead atoms. The van der Waals surface area contributed by atoms with Crippen molar-refractivity contribution in [1.29, 1.82) is 0 Å². The summed E-state index contributed by atoms with van der Waals surface area (Å²) in [4.78, 5) is 27.7. The predicted octanol–water partition coefficient (Wildman–Crippen LogP) is 1.36. The van der Waals surface area contributed by atoms with Crippen LogP contribution in [0.3, 0.4) is 0 Å². The first kappa shape index (κ1) is 14.1. The monoisotopic (exact) mass is 302 g/mol. The molecule has 2 aromatic heterocycles. The Balaban J connectivity index is 1.90. The lowest BCUT2D eigenvalue weighted by Gasteiger charge is -2.12. The van der Waals surface area contributed by atoms with Crippen LogP contribution in [0.15, 0.2) is 18.3 Å². The number of pyridine rings is 1. The van der Waals surface area contributed by atoms with Gasteiger partial charge in [0.05, 0.1) is 37.8 Å². The first-order valence-electron chi connectivity index (χ1n) is 6.61. The molecule has 1 N–H and O–H groups in total. The standard InChI is InChI=1S/C14H14N4O4/c1-8-10-6-17(14(20)21)7-12(10)16-18(8)9-3-4-11(15-5-9)13(19)22-2/h3-5H,6-7H2,1-2H3,(H,20,21). The van der Waals surface area contributed by atoms with Crippen molar-refractivity contribution in [1.82, 2.24) is 19.7 Å². The molecule has 8 nitrogen and oxygen atoms in total. The molecule has 0 saturated carbocycles. The number of fused-ring (bicyclic) bond motifs is 1. The van der Waals surface area contributed by atoms with Gasteiger partial charge in [-0.1, -0.05) is 0 Å². The minimum atomic E-state index is -0.951. The highest BCUT2D eigenvalue weighted by Crippen LogP contribution is 2.26. The smallest absolute Gasteiger partial charge is 0.407 e. The lowest BCUT2D eigenvalue weighted by molar-refractivity contribution is 0.0594. The summed E-state index contributed by atoms with van der Waals surface area (Å²) < 4.78 is 6.31. The SMILES string of the molecule is COC(=O)c1ccc(-n2nc3c(c2C)CN(C(=O)O)C3)cn1. The average Bonchev–Trinajstić information content (AvgIpc) is 3.07. The van der Waals surface area contributed by atoms with E-state index in [-0.39, 0.29) is 12.2 Å². The summed E-state index contributed by atoms with van der Waals surface area (Å²) in [6.45, 7) is 2.50. The largest absolute Gasteiger partial charge is 0.465 e. The van der Waals surface area contributed by atoms with Crippen LogP contribution in [0, 0.1) is 6.92 Å². The number of nitrogens with zero attached hydrogens (tertiary/aromatic N) is 4. The summed E-state index contributed by atoms with van der Waals surface area (Å²) in [7, 11) is 1.30. The molecular weight excluding hydrogens is 288 g/mol. The van der Waals surface area contributed by atoms with Crippen LogP contribution in [-0.4, -0.2) is 43.9 Å². The zero-order valence-electron chi connectivity index (χ0n) is 12.1. The van der Waals surface area contributed by atoms with Crippen molar-refractivity contribution < 1.29 is 19.4 Å². The highest BCUT2D eigenvalue weighted by molar-refractivity contribution is 5.87. The molecule has 0 aromatic carbocycles. The summed E-state index contributed by atoms with van der Waals surface area (Å²) in [6, 6.07) is 3.29. The van der Waals surface area contributed by atoms with E-state index < -0.39 is 12.1 Å². The second-order valence-electron chi connectivity index (χ2n) is 4.95. The number of amides is 1. The Labute approximate surface area is 125 Å². The number of carboxylic acid groups (broad SMARTS) is 1. The third-order valence-corrected chi connectivity index (χ3v) is 3.67. The number of esters is 1. The van der Waals surface area contributed by atoms with Gasteiger partial charge >= 0.3 is 12.1 Å². The van der Waals surface area contributed by atoms with E-state index in [4.69, 9.17) is 5.11 Å². The average molecular weight is 302 g/mol. The second-order valence-corrected chi connectivity index (χ2v) is 4.95. The van der Waals surface area contributed by atoms with Crippen LogP contribution in [0.1, 0.15) is 27.4 Å². The molecule has 0 fully saturated rings. The van der Waals surface area contributed by atoms with Crippen LogP contribution in [-0.2, 0) is 17.8 Å². The van der Waals surface area contributed by atoms with Gasteiger partial charge in [-0.2, -0.15) is 5.10 Å². The number of ether oxygens (including phenoxy) is 1. The van der Waals surface area contributed by atoms with Crippen molar-refractivity contribution in [3.8, 4) is 5.69 Å². The first-order chi connectivity index (χ1) is 10.5. The summed E-state index contributed by atoms with van der Waals surface area (Å²) >= 11 is 0. The molecule has 1 aliphatic heterocycles. The molecule has 22 heavy (non-hydrogen) atoms. The first-order valence-corrected chi connectivity index (χ1v) is 6.61. The van der Waals surface area contributed by atoms with E-state index in [1.54, 1.807) is 16.8 Å². The Morgan fingerprint density at radius 1 is 1.32 bits per heavy atom. The van der Waals surface area contributed by atoms with E-state index in [2.05, 4.69) is 14.8 Å². The number of aromatic nitrogens is 3. The molecule has 0 saturated heterocycles. The molecule has 0 aliphatic carbocycles. The van der Waals surface area contributed by atoms with Crippen LogP contribution >= 0.6 is 0 Å². The number of hydrogen-bond acceptors (Lipinski definition) is 5. The third kappa shape index (κ3) is 2.18. The van der Waals surface area contributed by atoms with Crippen molar-refractivity contribution in [3.05, 3.63) is 41.0 Å². The van der Waals surface area contributed by atoms with E-state index in [9.17, 15) is 9.59 Å². The van der Waals surface area contributed by atoms with Gasteiger partial charge < -0.3 is 9.84 Å². The van der Waals surface area contributed by atoms with Crippen LogP contribution in [0.4, 0.5) is 4.79 Å². The fourth-order valence-corrected chi connectivity index (χ4v) is 2.48. The quantitative estimate of drug-likeness (QED) is 0.841. The Morgan fingerprint density at radius 3 is 2.64 bits per heavy atom. The maximum atomic E-state index is 11.4. The predicted molar refractivity (Wildman–Crippen MR) is 74.7 cm³/mol. The van der Waals surface area contributed by atoms with Crippen LogP contribution < -0.4 is 0 Å². The minimum absolute atomic E-state index is 0.223. The maximum Gasteiger partial charge on any atom is 0.407 e. The van der Waals surface area contributed by atoms with E-state index in [0.717, 1.165) is 17.0 Å². The molecule has 3 heterocycles. The zero-order chi connectivity index (χ0) is 15.9. The van der Waals surface area contributed by atoms with Crippen molar-refractivity contribution in [2.75, 3.05) is 7.11 Å². The van der Waals surface area contributed by atoms with Gasteiger partial charge in [0.15, 0.2) is 0 Å². The van der Waals surface area contributed by atoms with E-state index in [0.29, 0.717) is 12.2 Å². The number of hydrogen-bond donors (Lipinski definition) is 1. The van der Waals surface area contributed by atoms with E-state index >= 15 is 0 Å². The maximum absolute atomic E-state index is 11.4. The van der Waals surface area contributed by atoms with Gasteiger partial charge in [-0.25, -0.2) is 19.3 Å². The van der Waals surface area contributed by atoms with Gasteiger partial charge in [-0.3, -0.25) is 4.90 Å². The van der Waals surface area contributed by atoms with Crippen molar-refractivity contribution in [2.45, 2.75) is 20.0 Å². The summed E-state index contributed by atoms with van der Waals surface area (Å²) in [5.41, 5.74) is 3.46. The number of methoxy groups -OCH3 is 1. The molecule has 1 amide bonds. The number of carbonyl (C=O) groups is 2. The molecule has 1 aliphatic rings. The molecular formula is C14H14N4O4. The fourth-order valence-electron chi connectivity index (χ4n) is 2.48. The van der Waals surface area contributed by atoms with Gasteiger partial charge in [-0.05, 0) is 19.1 Å². The van der Waals surface area contributed by atoms with E-state index in [1.165, 1.54) is 18.2 Å². The van der Waals surface area contributed by atoms with Gasteiger partial charge in [0.2, 0.25) is 0 Å². The van der Waals surface area contributed by atoms with E-state index in [1.807, 2.05) is 6.92 Å². The zero-order valence-corrected chi connectivity index (χ0v) is 12.1. The van der Waals surface area contributed by atoms with Gasteiger partial charge in [0.25, 0.3) is 0 Å². The highest BCUT2D eigenvalue weighted by Gasteiger charge is 2.28. The third-order valence-electron chi connectivity index (χ3n) is 3.67. The number of rotatable bonds is 2. The molecule has 2 aromatic rings. The Kier molecular flexibility index (Phi) is 3.28. The lowest BCUT2D eigenvalue weighted by Crippen LogP contribution is -2.23. The summed E-state index contributed by atoms with van der Waals surface area (Å²) in [5, 5.41) is 13.5. The Hall–Kier alpha value is -2.90. The van der Waals surface area contributed by atoms with Crippen molar-refractivity contribution in [3.63, 3.8) is 0 Å². The van der Waals surface area contributed by atoms with Crippen LogP contribution in [0.2, 0.25) is 0 Å². The normalized spacial score (nSPS) is 13.1. The molecule has 0 radical (unpaired) electrons. The Bertz CT molecular complexity index is 751. The number of carbonyl (C=O) groups excluding carboxylic acids is 1. The van der Waals surface area contributed by atoms with Crippen LogP contribution in [0.25, 0.3) is 5.69 Å². The molecule has 0 unspecified atom stereocenters. The minimum Gasteiger partial charge on any atom is -0.465 e. The second kappa shape index (κ2) is 5.14. The molecule has 0 atom stereocenters. The highest BCUT2D eigenvalue weighted by atomic mass is 16.5. The van der Waals surface area contributed by atoms with Crippen molar-refractivity contribution >= 4 is 12.1 Å². The lowest BCUT2D eigenvalue weighted by atomic mass is 10.2. The van der Waals surface area contributed by atoms with Gasteiger partial charge in [-0.15, -0.1) is 0 Å². The topological polar surface area (TPSA) is 97.6 Å². The molecule has 114 valence electrons. The summed E-state index contributed by atoms with van der Waals surface area (Å²) in [5.74, 6) is -0.497. The van der Waals surface area contributed by atoms with Crippen LogP contribution in [0.5, 0.6) is 0 Å². The Morgan fingerprint density at radius 2 is 2.09 bits per heavy atom. The molecule has 0 spiro atoms. The van der Waals surface area contributed by atoms with Gasteiger partial charge in [0, 0.05) is 11.3 Å². The van der Waals surface area contributed by atoms with Gasteiger partial charge in [0.1, 0.15) is 5.69 Å². The molecule has 3 rings (SSSR count). The fraction of sp³-hybridized carbons (Fsp3) is 0.286. The molecule has 8 heteroatoms. The van der Waals surface area contributed by atoms with Crippen molar-refractivity contribution in [2.24, 2.45) is 0 Å². The summed E-state index contributed by atoms with van der Waals surface area (Å²) in [6.07, 6.45) is 0.587.